The fraction of sp³-hybridized carbons (Fsp3) is 0.158. The Morgan fingerprint density at radius 3 is 2.83 bits per heavy atom. The summed E-state index contributed by atoms with van der Waals surface area (Å²) >= 11 is 1.64. The number of rotatable bonds is 5. The van der Waals surface area contributed by atoms with E-state index in [4.69, 9.17) is 4.74 Å². The van der Waals surface area contributed by atoms with Crippen molar-refractivity contribution in [2.24, 2.45) is 0 Å². The molecule has 0 saturated heterocycles. The normalized spacial score (nSPS) is 10.4. The lowest BCUT2D eigenvalue weighted by Gasteiger charge is -2.09. The van der Waals surface area contributed by atoms with Crippen LogP contribution in [0.5, 0.6) is 5.75 Å². The first-order chi connectivity index (χ1) is 11.7. The quantitative estimate of drug-likeness (QED) is 0.763. The van der Waals surface area contributed by atoms with Crippen LogP contribution in [-0.2, 0) is 6.54 Å². The van der Waals surface area contributed by atoms with Crippen molar-refractivity contribution in [1.29, 1.82) is 0 Å². The minimum Gasteiger partial charge on any atom is -0.496 e. The van der Waals surface area contributed by atoms with Gasteiger partial charge in [0.1, 0.15) is 5.75 Å². The van der Waals surface area contributed by atoms with Crippen molar-refractivity contribution in [3.05, 3.63) is 70.0 Å². The molecular formula is C19H18N2O2S. The molecule has 0 saturated carbocycles. The number of aromatic nitrogens is 1. The Bertz CT molecular complexity index is 844. The van der Waals surface area contributed by atoms with Gasteiger partial charge in [-0.05, 0) is 59.8 Å². The molecule has 0 aliphatic heterocycles. The van der Waals surface area contributed by atoms with E-state index in [9.17, 15) is 4.79 Å². The maximum Gasteiger partial charge on any atom is 0.251 e. The molecule has 0 fully saturated rings. The molecular weight excluding hydrogens is 320 g/mol. The van der Waals surface area contributed by atoms with Crippen LogP contribution in [0.1, 0.15) is 21.5 Å². The van der Waals surface area contributed by atoms with Crippen LogP contribution in [0.2, 0.25) is 0 Å². The zero-order valence-electron chi connectivity index (χ0n) is 13.6. The Hall–Kier alpha value is -2.66. The number of methoxy groups -OCH3 is 1. The number of nitrogens with zero attached hydrogens (tertiary/aromatic N) is 1. The summed E-state index contributed by atoms with van der Waals surface area (Å²) in [6, 6.07) is 11.4. The molecule has 0 aliphatic rings. The average molecular weight is 338 g/mol. The van der Waals surface area contributed by atoms with E-state index in [2.05, 4.69) is 15.7 Å². The average Bonchev–Trinajstić information content (AvgIpc) is 3.14. The van der Waals surface area contributed by atoms with Crippen LogP contribution in [0.25, 0.3) is 11.3 Å². The maximum absolute atomic E-state index is 12.3. The van der Waals surface area contributed by atoms with Crippen LogP contribution < -0.4 is 10.1 Å². The topological polar surface area (TPSA) is 51.2 Å². The number of nitrogens with one attached hydrogen (secondary N) is 1. The molecule has 2 aromatic heterocycles. The Morgan fingerprint density at radius 2 is 2.12 bits per heavy atom. The number of aryl methyl sites for hydroxylation is 1. The summed E-state index contributed by atoms with van der Waals surface area (Å²) < 4.78 is 5.22. The molecule has 2 heterocycles. The molecule has 3 aromatic rings. The van der Waals surface area contributed by atoms with Gasteiger partial charge in [0.15, 0.2) is 0 Å². The third kappa shape index (κ3) is 3.63. The number of carbonyl (C=O) groups is 1. The highest BCUT2D eigenvalue weighted by Gasteiger charge is 2.08. The van der Waals surface area contributed by atoms with Gasteiger partial charge in [0, 0.05) is 29.2 Å². The minimum absolute atomic E-state index is 0.102. The fourth-order valence-corrected chi connectivity index (χ4v) is 3.11. The first-order valence-electron chi connectivity index (χ1n) is 7.57. The molecule has 5 heteroatoms. The van der Waals surface area contributed by atoms with Crippen molar-refractivity contribution in [2.45, 2.75) is 13.5 Å². The molecule has 1 N–H and O–H groups in total. The van der Waals surface area contributed by atoms with Gasteiger partial charge >= 0.3 is 0 Å². The lowest BCUT2D eigenvalue weighted by molar-refractivity contribution is 0.0951. The number of benzene rings is 1. The molecule has 122 valence electrons. The molecule has 0 spiro atoms. The van der Waals surface area contributed by atoms with Gasteiger partial charge in [0.05, 0.1) is 12.8 Å². The molecule has 4 nitrogen and oxygen atoms in total. The van der Waals surface area contributed by atoms with Gasteiger partial charge in [0.25, 0.3) is 5.91 Å². The zero-order chi connectivity index (χ0) is 16.9. The summed E-state index contributed by atoms with van der Waals surface area (Å²) in [6.45, 7) is 2.38. The third-order valence-corrected chi connectivity index (χ3v) is 4.43. The van der Waals surface area contributed by atoms with E-state index >= 15 is 0 Å². The second-order valence-electron chi connectivity index (χ2n) is 5.43. The number of carbonyl (C=O) groups excluding carboxylic acids is 1. The first-order valence-corrected chi connectivity index (χ1v) is 8.52. The van der Waals surface area contributed by atoms with Crippen LogP contribution in [0.3, 0.4) is 0 Å². The Labute approximate surface area is 145 Å². The lowest BCUT2D eigenvalue weighted by Crippen LogP contribution is -2.22. The summed E-state index contributed by atoms with van der Waals surface area (Å²) in [5.41, 5.74) is 4.60. The summed E-state index contributed by atoms with van der Waals surface area (Å²) in [7, 11) is 1.62. The highest BCUT2D eigenvalue weighted by atomic mass is 32.1. The highest BCUT2D eigenvalue weighted by Crippen LogP contribution is 2.21. The van der Waals surface area contributed by atoms with E-state index in [0.717, 1.165) is 28.1 Å². The van der Waals surface area contributed by atoms with Gasteiger partial charge in [-0.2, -0.15) is 11.3 Å². The van der Waals surface area contributed by atoms with E-state index in [-0.39, 0.29) is 5.91 Å². The second kappa shape index (κ2) is 7.27. The van der Waals surface area contributed by atoms with Crippen LogP contribution in [0.4, 0.5) is 0 Å². The Kier molecular flexibility index (Phi) is 4.91. The zero-order valence-corrected chi connectivity index (χ0v) is 14.4. The summed E-state index contributed by atoms with van der Waals surface area (Å²) in [5.74, 6) is 0.677. The highest BCUT2D eigenvalue weighted by molar-refractivity contribution is 7.08. The van der Waals surface area contributed by atoms with Gasteiger partial charge in [-0.1, -0.05) is 0 Å². The van der Waals surface area contributed by atoms with E-state index in [1.165, 1.54) is 0 Å². The molecule has 0 atom stereocenters. The number of amides is 1. The van der Waals surface area contributed by atoms with Gasteiger partial charge in [-0.15, -0.1) is 0 Å². The summed E-state index contributed by atoms with van der Waals surface area (Å²) in [5, 5.41) is 7.03. The number of thiophene rings is 1. The predicted molar refractivity (Wildman–Crippen MR) is 96.5 cm³/mol. The fourth-order valence-electron chi connectivity index (χ4n) is 2.46. The molecule has 1 amide bonds. The van der Waals surface area contributed by atoms with Gasteiger partial charge < -0.3 is 10.1 Å². The van der Waals surface area contributed by atoms with E-state index in [1.807, 2.05) is 42.6 Å². The number of pyridine rings is 1. The van der Waals surface area contributed by atoms with Gasteiger partial charge in [-0.3, -0.25) is 9.78 Å². The third-order valence-electron chi connectivity index (χ3n) is 3.75. The molecule has 0 unspecified atom stereocenters. The summed E-state index contributed by atoms with van der Waals surface area (Å²) in [4.78, 5) is 16.7. The van der Waals surface area contributed by atoms with Crippen LogP contribution >= 0.6 is 11.3 Å². The second-order valence-corrected chi connectivity index (χ2v) is 6.21. The van der Waals surface area contributed by atoms with E-state index in [0.29, 0.717) is 12.1 Å². The Balaban J connectivity index is 1.68. The molecule has 1 aromatic carbocycles. The van der Waals surface area contributed by atoms with Crippen molar-refractivity contribution in [3.63, 3.8) is 0 Å². The largest absolute Gasteiger partial charge is 0.496 e. The molecule has 0 bridgehead atoms. The number of hydrogen-bond acceptors (Lipinski definition) is 4. The lowest BCUT2D eigenvalue weighted by atomic mass is 10.1. The van der Waals surface area contributed by atoms with Crippen molar-refractivity contribution in [1.82, 2.24) is 10.3 Å². The van der Waals surface area contributed by atoms with Crippen LogP contribution in [0, 0.1) is 6.92 Å². The molecule has 24 heavy (non-hydrogen) atoms. The summed E-state index contributed by atoms with van der Waals surface area (Å²) in [6.07, 6.45) is 1.77. The van der Waals surface area contributed by atoms with Crippen LogP contribution in [-0.4, -0.2) is 18.0 Å². The monoisotopic (exact) mass is 338 g/mol. The van der Waals surface area contributed by atoms with E-state index < -0.39 is 0 Å². The van der Waals surface area contributed by atoms with Crippen LogP contribution in [0.15, 0.2) is 53.4 Å². The number of hydrogen-bond donors (Lipinski definition) is 1. The van der Waals surface area contributed by atoms with Crippen molar-refractivity contribution in [3.8, 4) is 17.0 Å². The predicted octanol–water partition coefficient (Wildman–Crippen LogP) is 4.06. The van der Waals surface area contributed by atoms with E-state index in [1.54, 1.807) is 30.7 Å². The van der Waals surface area contributed by atoms with Crippen molar-refractivity contribution < 1.29 is 9.53 Å². The number of ether oxygens (including phenoxy) is 1. The minimum atomic E-state index is -0.102. The smallest absolute Gasteiger partial charge is 0.251 e. The van der Waals surface area contributed by atoms with Gasteiger partial charge in [0.2, 0.25) is 0 Å². The molecule has 0 radical (unpaired) electrons. The SMILES string of the molecule is COc1ccc(C(=O)NCc2ccnc(-c3ccsc3)c2)cc1C. The van der Waals surface area contributed by atoms with Crippen molar-refractivity contribution >= 4 is 17.2 Å². The maximum atomic E-state index is 12.3. The first kappa shape index (κ1) is 16.2. The molecule has 0 aliphatic carbocycles. The van der Waals surface area contributed by atoms with Crippen molar-refractivity contribution in [2.75, 3.05) is 7.11 Å². The molecule has 3 rings (SSSR count). The standard InChI is InChI=1S/C19H18N2O2S/c1-13-9-15(3-4-18(13)23-2)19(22)21-11-14-5-7-20-17(10-14)16-6-8-24-12-16/h3-10,12H,11H2,1-2H3,(H,21,22). The van der Waals surface area contributed by atoms with Gasteiger partial charge in [-0.25, -0.2) is 0 Å². The Morgan fingerprint density at radius 1 is 1.25 bits per heavy atom.